The summed E-state index contributed by atoms with van der Waals surface area (Å²) in [5.74, 6) is 0. The van der Waals surface area contributed by atoms with Crippen molar-refractivity contribution in [1.82, 2.24) is 4.98 Å². The van der Waals surface area contributed by atoms with Gasteiger partial charge in [0.25, 0.3) is 0 Å². The summed E-state index contributed by atoms with van der Waals surface area (Å²) >= 11 is 0. The van der Waals surface area contributed by atoms with Crippen LogP contribution in [0.1, 0.15) is 29.3 Å². The normalized spacial score (nSPS) is 21.8. The molecule has 0 aliphatic heterocycles. The highest BCUT2D eigenvalue weighted by Gasteiger charge is 2.18. The average molecular weight is 148 g/mol. The van der Waals surface area contributed by atoms with E-state index in [2.05, 4.69) is 11.1 Å². The van der Waals surface area contributed by atoms with Gasteiger partial charge in [-0.2, -0.15) is 0 Å². The van der Waals surface area contributed by atoms with Gasteiger partial charge in [0.05, 0.1) is 0 Å². The molecule has 0 amide bonds. The van der Waals surface area contributed by atoms with E-state index >= 15 is 0 Å². The van der Waals surface area contributed by atoms with Crippen molar-refractivity contribution < 1.29 is 0 Å². The molecule has 2 rings (SSSR count). The smallest absolute Gasteiger partial charge is 0.0375 e. The van der Waals surface area contributed by atoms with Crippen molar-refractivity contribution in [3.8, 4) is 0 Å². The molecule has 0 fully saturated rings. The van der Waals surface area contributed by atoms with E-state index in [-0.39, 0.29) is 6.04 Å². The first-order valence-corrected chi connectivity index (χ1v) is 3.98. The first-order chi connectivity index (χ1) is 5.27. The van der Waals surface area contributed by atoms with Crippen LogP contribution in [0.2, 0.25) is 0 Å². The molecule has 2 N–H and O–H groups in total. The molecule has 1 aliphatic rings. The molecule has 0 bridgehead atoms. The summed E-state index contributed by atoms with van der Waals surface area (Å²) in [6.07, 6.45) is 4.13. The molecule has 1 heterocycles. The van der Waals surface area contributed by atoms with E-state index in [4.69, 9.17) is 5.73 Å². The van der Waals surface area contributed by atoms with Crippen molar-refractivity contribution >= 4 is 0 Å². The van der Waals surface area contributed by atoms with E-state index in [9.17, 15) is 0 Å². The topological polar surface area (TPSA) is 38.9 Å². The maximum absolute atomic E-state index is 5.86. The Hall–Kier alpha value is -0.890. The van der Waals surface area contributed by atoms with Crippen LogP contribution < -0.4 is 5.73 Å². The Labute approximate surface area is 66.4 Å². The second-order valence-corrected chi connectivity index (χ2v) is 3.17. The van der Waals surface area contributed by atoms with Gasteiger partial charge in [0, 0.05) is 17.9 Å². The van der Waals surface area contributed by atoms with E-state index in [0.717, 1.165) is 18.5 Å². The molecule has 0 spiro atoms. The number of aromatic nitrogens is 1. The predicted octanol–water partition coefficient (Wildman–Crippen LogP) is 1.34. The molecular weight excluding hydrogens is 136 g/mol. The van der Waals surface area contributed by atoms with E-state index < -0.39 is 0 Å². The lowest BCUT2D eigenvalue weighted by Gasteiger charge is -2.03. The molecule has 11 heavy (non-hydrogen) atoms. The van der Waals surface area contributed by atoms with Crippen molar-refractivity contribution in [2.75, 3.05) is 0 Å². The van der Waals surface area contributed by atoms with Gasteiger partial charge in [-0.3, -0.25) is 4.98 Å². The molecule has 0 radical (unpaired) electrons. The minimum atomic E-state index is 0.234. The van der Waals surface area contributed by atoms with Crippen LogP contribution in [-0.2, 0) is 6.42 Å². The van der Waals surface area contributed by atoms with Gasteiger partial charge in [-0.15, -0.1) is 0 Å². The molecule has 0 saturated carbocycles. The fourth-order valence-corrected chi connectivity index (χ4v) is 1.64. The number of hydrogen-bond acceptors (Lipinski definition) is 2. The molecule has 0 saturated heterocycles. The van der Waals surface area contributed by atoms with Gasteiger partial charge < -0.3 is 5.73 Å². The molecule has 1 atom stereocenters. The van der Waals surface area contributed by atoms with Crippen molar-refractivity contribution in [2.24, 2.45) is 5.73 Å². The first kappa shape index (κ1) is 6.80. The van der Waals surface area contributed by atoms with E-state index in [1.807, 2.05) is 13.1 Å². The van der Waals surface area contributed by atoms with Crippen LogP contribution in [0.5, 0.6) is 0 Å². The summed E-state index contributed by atoms with van der Waals surface area (Å²) in [7, 11) is 0. The van der Waals surface area contributed by atoms with Crippen molar-refractivity contribution in [3.63, 3.8) is 0 Å². The third-order valence-corrected chi connectivity index (χ3v) is 2.29. The second-order valence-electron chi connectivity index (χ2n) is 3.17. The zero-order valence-electron chi connectivity index (χ0n) is 6.67. The van der Waals surface area contributed by atoms with Crippen LogP contribution in [0.3, 0.4) is 0 Å². The Morgan fingerprint density at radius 2 is 2.45 bits per heavy atom. The van der Waals surface area contributed by atoms with Gasteiger partial charge >= 0.3 is 0 Å². The van der Waals surface area contributed by atoms with Crippen LogP contribution >= 0.6 is 0 Å². The Kier molecular flexibility index (Phi) is 1.43. The number of rotatable bonds is 0. The number of fused-ring (bicyclic) bond motifs is 1. The monoisotopic (exact) mass is 148 g/mol. The molecule has 2 heteroatoms. The number of nitrogens with two attached hydrogens (primary N) is 1. The lowest BCUT2D eigenvalue weighted by molar-refractivity contribution is 0.712. The van der Waals surface area contributed by atoms with Crippen LogP contribution in [0, 0.1) is 6.92 Å². The minimum Gasteiger partial charge on any atom is -0.324 e. The van der Waals surface area contributed by atoms with Crippen molar-refractivity contribution in [3.05, 3.63) is 29.1 Å². The lowest BCUT2D eigenvalue weighted by atomic mass is 10.1. The van der Waals surface area contributed by atoms with Crippen molar-refractivity contribution in [1.29, 1.82) is 0 Å². The highest BCUT2D eigenvalue weighted by atomic mass is 14.7. The third-order valence-electron chi connectivity index (χ3n) is 2.29. The Balaban J connectivity index is 2.50. The summed E-state index contributed by atoms with van der Waals surface area (Å²) in [6, 6.07) is 2.38. The Morgan fingerprint density at radius 3 is 3.27 bits per heavy atom. The molecule has 0 unspecified atom stereocenters. The maximum atomic E-state index is 5.86. The van der Waals surface area contributed by atoms with Crippen LogP contribution in [-0.4, -0.2) is 4.98 Å². The fourth-order valence-electron chi connectivity index (χ4n) is 1.64. The summed E-state index contributed by atoms with van der Waals surface area (Å²) < 4.78 is 0. The van der Waals surface area contributed by atoms with Gasteiger partial charge in [0.2, 0.25) is 0 Å². The van der Waals surface area contributed by atoms with Crippen LogP contribution in [0.25, 0.3) is 0 Å². The maximum Gasteiger partial charge on any atom is 0.0375 e. The number of nitrogens with zero attached hydrogens (tertiary/aromatic N) is 1. The molecule has 58 valence electrons. The molecule has 2 nitrogen and oxygen atoms in total. The molecule has 1 aliphatic carbocycles. The van der Waals surface area contributed by atoms with Gasteiger partial charge in [0.15, 0.2) is 0 Å². The molecular formula is C9H12N2. The third kappa shape index (κ3) is 1.03. The fraction of sp³-hybridized carbons (Fsp3) is 0.444. The second kappa shape index (κ2) is 2.31. The predicted molar refractivity (Wildman–Crippen MR) is 44.2 cm³/mol. The quantitative estimate of drug-likeness (QED) is 0.603. The summed E-state index contributed by atoms with van der Waals surface area (Å²) in [5, 5.41) is 0. The molecule has 1 aromatic rings. The van der Waals surface area contributed by atoms with Gasteiger partial charge in [-0.25, -0.2) is 0 Å². The van der Waals surface area contributed by atoms with Crippen LogP contribution in [0.15, 0.2) is 12.3 Å². The van der Waals surface area contributed by atoms with Crippen molar-refractivity contribution in [2.45, 2.75) is 25.8 Å². The number of aryl methyl sites for hydroxylation is 2. The highest BCUT2D eigenvalue weighted by molar-refractivity contribution is 5.33. The summed E-state index contributed by atoms with van der Waals surface area (Å²) in [6.45, 7) is 2.02. The lowest BCUT2D eigenvalue weighted by Crippen LogP contribution is -2.05. The zero-order chi connectivity index (χ0) is 7.84. The van der Waals surface area contributed by atoms with E-state index in [1.165, 1.54) is 11.1 Å². The van der Waals surface area contributed by atoms with Gasteiger partial charge in [0.1, 0.15) is 0 Å². The summed E-state index contributed by atoms with van der Waals surface area (Å²) in [5.41, 5.74) is 9.59. The van der Waals surface area contributed by atoms with Crippen LogP contribution in [0.4, 0.5) is 0 Å². The zero-order valence-corrected chi connectivity index (χ0v) is 6.67. The van der Waals surface area contributed by atoms with Gasteiger partial charge in [-0.05, 0) is 37.0 Å². The molecule has 1 aromatic heterocycles. The average Bonchev–Trinajstić information content (AvgIpc) is 2.32. The Bertz CT molecular complexity index is 281. The van der Waals surface area contributed by atoms with E-state index in [0.29, 0.717) is 0 Å². The standard InChI is InChI=1S/C9H12N2/c1-6-4-7-2-3-9(10)8(7)5-11-6/h4-5,9H,2-3,10H2,1H3/t9-/m0/s1. The number of hydrogen-bond donors (Lipinski definition) is 1. The highest BCUT2D eigenvalue weighted by Crippen LogP contribution is 2.28. The van der Waals surface area contributed by atoms with Gasteiger partial charge in [-0.1, -0.05) is 0 Å². The largest absolute Gasteiger partial charge is 0.324 e. The summed E-state index contributed by atoms with van der Waals surface area (Å²) in [4.78, 5) is 4.22. The SMILES string of the molecule is Cc1cc2c(cn1)[C@@H](N)CC2. The van der Waals surface area contributed by atoms with E-state index in [1.54, 1.807) is 0 Å². The number of pyridine rings is 1. The first-order valence-electron chi connectivity index (χ1n) is 3.98. The minimum absolute atomic E-state index is 0.234. The Morgan fingerprint density at radius 1 is 1.64 bits per heavy atom. The molecule has 0 aromatic carbocycles.